The number of hydrogen-bond donors (Lipinski definition) is 1. The Balaban J connectivity index is 1.34. The van der Waals surface area contributed by atoms with E-state index in [2.05, 4.69) is 14.8 Å². The molecule has 2 aromatic rings. The summed E-state index contributed by atoms with van der Waals surface area (Å²) in [5.41, 5.74) is 1.88. The van der Waals surface area contributed by atoms with Gasteiger partial charge < -0.3 is 9.88 Å². The molecule has 0 atom stereocenters. The summed E-state index contributed by atoms with van der Waals surface area (Å²) in [6, 6.07) is 8.79. The Hall–Kier alpha value is -1.65. The van der Waals surface area contributed by atoms with Crippen molar-refractivity contribution in [3.63, 3.8) is 0 Å². The Labute approximate surface area is 143 Å². The SMILES string of the molecule is O=C(CN1CCC(N2CCCCC2)CC1)c1c[nH]c2ccccc12. The third-order valence-corrected chi connectivity index (χ3v) is 5.72. The number of para-hydroxylation sites is 1. The molecule has 0 saturated carbocycles. The van der Waals surface area contributed by atoms with Crippen LogP contribution in [-0.2, 0) is 0 Å². The first-order valence-electron chi connectivity index (χ1n) is 9.37. The van der Waals surface area contributed by atoms with Gasteiger partial charge in [-0.1, -0.05) is 24.6 Å². The summed E-state index contributed by atoms with van der Waals surface area (Å²) in [7, 11) is 0. The van der Waals surface area contributed by atoms with E-state index >= 15 is 0 Å². The number of carbonyl (C=O) groups is 1. The highest BCUT2D eigenvalue weighted by Gasteiger charge is 2.26. The Morgan fingerprint density at radius 3 is 2.58 bits per heavy atom. The number of likely N-dealkylation sites (tertiary alicyclic amines) is 2. The Morgan fingerprint density at radius 2 is 1.79 bits per heavy atom. The van der Waals surface area contributed by atoms with Crippen molar-refractivity contribution >= 4 is 16.7 Å². The molecule has 1 aromatic heterocycles. The van der Waals surface area contributed by atoms with Crippen LogP contribution in [0.2, 0.25) is 0 Å². The number of fused-ring (bicyclic) bond motifs is 1. The third-order valence-electron chi connectivity index (χ3n) is 5.72. The molecule has 4 heteroatoms. The quantitative estimate of drug-likeness (QED) is 0.877. The molecule has 0 radical (unpaired) electrons. The largest absolute Gasteiger partial charge is 0.360 e. The predicted octanol–water partition coefficient (Wildman–Crippen LogP) is 3.30. The number of benzene rings is 1. The summed E-state index contributed by atoms with van der Waals surface area (Å²) >= 11 is 0. The maximum atomic E-state index is 12.7. The van der Waals surface area contributed by atoms with Crippen LogP contribution in [0.25, 0.3) is 10.9 Å². The van der Waals surface area contributed by atoms with Gasteiger partial charge in [0, 0.05) is 41.8 Å². The minimum atomic E-state index is 0.240. The highest BCUT2D eigenvalue weighted by molar-refractivity contribution is 6.08. The molecule has 24 heavy (non-hydrogen) atoms. The van der Waals surface area contributed by atoms with Crippen LogP contribution in [0.4, 0.5) is 0 Å². The molecule has 1 N–H and O–H groups in total. The van der Waals surface area contributed by atoms with E-state index in [1.807, 2.05) is 30.5 Å². The van der Waals surface area contributed by atoms with Gasteiger partial charge in [0.25, 0.3) is 0 Å². The number of H-pyrrole nitrogens is 1. The van der Waals surface area contributed by atoms with Crippen LogP contribution in [0.1, 0.15) is 42.5 Å². The molecular formula is C20H27N3O. The average molecular weight is 325 g/mol. The van der Waals surface area contributed by atoms with Crippen LogP contribution in [0.15, 0.2) is 30.5 Å². The highest BCUT2D eigenvalue weighted by atomic mass is 16.1. The lowest BCUT2D eigenvalue weighted by Crippen LogP contribution is -2.47. The molecule has 4 nitrogen and oxygen atoms in total. The molecule has 128 valence electrons. The summed E-state index contributed by atoms with van der Waals surface area (Å²) < 4.78 is 0. The number of carbonyl (C=O) groups excluding carboxylic acids is 1. The number of hydrogen-bond acceptors (Lipinski definition) is 3. The fraction of sp³-hybridized carbons (Fsp3) is 0.550. The molecular weight excluding hydrogens is 298 g/mol. The van der Waals surface area contributed by atoms with Gasteiger partial charge in [0.1, 0.15) is 0 Å². The second-order valence-corrected chi connectivity index (χ2v) is 7.28. The minimum Gasteiger partial charge on any atom is -0.360 e. The molecule has 2 aliphatic rings. The Kier molecular flexibility index (Phi) is 4.67. The monoisotopic (exact) mass is 325 g/mol. The van der Waals surface area contributed by atoms with Crippen molar-refractivity contribution in [2.45, 2.75) is 38.1 Å². The predicted molar refractivity (Wildman–Crippen MR) is 97.5 cm³/mol. The number of nitrogens with zero attached hydrogens (tertiary/aromatic N) is 2. The van der Waals surface area contributed by atoms with E-state index in [-0.39, 0.29) is 5.78 Å². The van der Waals surface area contributed by atoms with Crippen LogP contribution >= 0.6 is 0 Å². The van der Waals surface area contributed by atoms with Crippen LogP contribution in [-0.4, -0.2) is 59.3 Å². The summed E-state index contributed by atoms with van der Waals surface area (Å²) in [6.45, 7) is 5.21. The summed E-state index contributed by atoms with van der Waals surface area (Å²) in [4.78, 5) is 20.9. The molecule has 0 bridgehead atoms. The van der Waals surface area contributed by atoms with Crippen molar-refractivity contribution in [1.29, 1.82) is 0 Å². The maximum absolute atomic E-state index is 12.7. The Morgan fingerprint density at radius 1 is 1.04 bits per heavy atom. The van der Waals surface area contributed by atoms with Crippen LogP contribution in [0.3, 0.4) is 0 Å². The number of piperidine rings is 2. The van der Waals surface area contributed by atoms with Crippen LogP contribution < -0.4 is 0 Å². The van der Waals surface area contributed by atoms with Crippen molar-refractivity contribution < 1.29 is 4.79 Å². The summed E-state index contributed by atoms with van der Waals surface area (Å²) in [5.74, 6) is 0.240. The summed E-state index contributed by atoms with van der Waals surface area (Å²) in [6.07, 6.45) is 8.41. The third kappa shape index (κ3) is 3.26. The first-order valence-corrected chi connectivity index (χ1v) is 9.37. The second kappa shape index (κ2) is 7.08. The van der Waals surface area contributed by atoms with Crippen LogP contribution in [0, 0.1) is 0 Å². The van der Waals surface area contributed by atoms with Gasteiger partial charge in [-0.15, -0.1) is 0 Å². The lowest BCUT2D eigenvalue weighted by molar-refractivity contribution is 0.0776. The lowest BCUT2D eigenvalue weighted by atomic mass is 9.99. The number of aromatic nitrogens is 1. The number of rotatable bonds is 4. The molecule has 0 amide bonds. The normalized spacial score (nSPS) is 21.3. The molecule has 3 heterocycles. The van der Waals surface area contributed by atoms with Crippen molar-refractivity contribution in [3.8, 4) is 0 Å². The van der Waals surface area contributed by atoms with Crippen molar-refractivity contribution in [1.82, 2.24) is 14.8 Å². The number of Topliss-reactive ketones (excluding diaryl/α,β-unsaturated/α-hetero) is 1. The first kappa shape index (κ1) is 15.9. The van der Waals surface area contributed by atoms with E-state index in [4.69, 9.17) is 0 Å². The zero-order valence-corrected chi connectivity index (χ0v) is 14.3. The van der Waals surface area contributed by atoms with Gasteiger partial charge in [0.2, 0.25) is 0 Å². The smallest absolute Gasteiger partial charge is 0.178 e. The molecule has 2 fully saturated rings. The molecule has 0 aliphatic carbocycles. The molecule has 0 spiro atoms. The number of ketones is 1. The van der Waals surface area contributed by atoms with Crippen molar-refractivity contribution in [2.24, 2.45) is 0 Å². The fourth-order valence-corrected chi connectivity index (χ4v) is 4.32. The molecule has 4 rings (SSSR count). The highest BCUT2D eigenvalue weighted by Crippen LogP contribution is 2.22. The van der Waals surface area contributed by atoms with Crippen molar-refractivity contribution in [3.05, 3.63) is 36.0 Å². The second-order valence-electron chi connectivity index (χ2n) is 7.28. The molecule has 2 aliphatic heterocycles. The first-order chi connectivity index (χ1) is 11.8. The Bertz CT molecular complexity index is 694. The van der Waals surface area contributed by atoms with E-state index in [0.29, 0.717) is 6.54 Å². The molecule has 0 unspecified atom stereocenters. The minimum absolute atomic E-state index is 0.240. The van der Waals surface area contributed by atoms with Gasteiger partial charge in [-0.3, -0.25) is 9.69 Å². The van der Waals surface area contributed by atoms with E-state index in [0.717, 1.165) is 35.6 Å². The number of nitrogens with one attached hydrogen (secondary N) is 1. The van der Waals surface area contributed by atoms with Crippen molar-refractivity contribution in [2.75, 3.05) is 32.7 Å². The zero-order chi connectivity index (χ0) is 16.4. The maximum Gasteiger partial charge on any atom is 0.178 e. The number of aromatic amines is 1. The van der Waals surface area contributed by atoms with Gasteiger partial charge in [-0.25, -0.2) is 0 Å². The molecule has 1 aromatic carbocycles. The molecule has 2 saturated heterocycles. The topological polar surface area (TPSA) is 39.3 Å². The van der Waals surface area contributed by atoms with E-state index in [1.54, 1.807) is 0 Å². The van der Waals surface area contributed by atoms with E-state index < -0.39 is 0 Å². The van der Waals surface area contributed by atoms with Gasteiger partial charge in [0.05, 0.1) is 6.54 Å². The average Bonchev–Trinajstić information content (AvgIpc) is 3.07. The summed E-state index contributed by atoms with van der Waals surface area (Å²) in [5, 5.41) is 1.05. The lowest BCUT2D eigenvalue weighted by Gasteiger charge is -2.40. The van der Waals surface area contributed by atoms with Gasteiger partial charge in [0.15, 0.2) is 5.78 Å². The zero-order valence-electron chi connectivity index (χ0n) is 14.3. The van der Waals surface area contributed by atoms with Gasteiger partial charge in [-0.05, 0) is 44.8 Å². The van der Waals surface area contributed by atoms with Gasteiger partial charge in [-0.2, -0.15) is 0 Å². The van der Waals surface area contributed by atoms with E-state index in [1.165, 1.54) is 45.2 Å². The standard InChI is InChI=1S/C20H27N3O/c24-20(18-14-21-19-7-3-2-6-17(18)19)15-22-12-8-16(9-13-22)23-10-4-1-5-11-23/h2-3,6-7,14,16,21H,1,4-5,8-13,15H2. The fourth-order valence-electron chi connectivity index (χ4n) is 4.32. The van der Waals surface area contributed by atoms with Gasteiger partial charge >= 0.3 is 0 Å². The van der Waals surface area contributed by atoms with E-state index in [9.17, 15) is 4.79 Å². The van der Waals surface area contributed by atoms with Crippen LogP contribution in [0.5, 0.6) is 0 Å².